The van der Waals surface area contributed by atoms with Crippen LogP contribution in [0.5, 0.6) is 0 Å². The van der Waals surface area contributed by atoms with Gasteiger partial charge in [0, 0.05) is 17.3 Å². The molecule has 0 unspecified atom stereocenters. The number of nitrogens with one attached hydrogen (secondary N) is 2. The highest BCUT2D eigenvalue weighted by atomic mass is 16.2. The molecule has 2 amide bonds. The number of hydrogen-bond donors (Lipinski definition) is 2. The van der Waals surface area contributed by atoms with Crippen molar-refractivity contribution in [2.45, 2.75) is 26.7 Å². The molecule has 5 heteroatoms. The van der Waals surface area contributed by atoms with E-state index in [1.165, 1.54) is 11.1 Å². The molecule has 2 aromatic rings. The van der Waals surface area contributed by atoms with Crippen LogP contribution in [-0.2, 0) is 9.59 Å². The molecule has 1 aliphatic heterocycles. The fourth-order valence-corrected chi connectivity index (χ4v) is 3.27. The minimum atomic E-state index is -0.0126. The highest BCUT2D eigenvalue weighted by Crippen LogP contribution is 2.20. The van der Waals surface area contributed by atoms with Crippen LogP contribution in [0.2, 0.25) is 0 Å². The summed E-state index contributed by atoms with van der Waals surface area (Å²) in [4.78, 5) is 26.8. The molecule has 1 fully saturated rings. The summed E-state index contributed by atoms with van der Waals surface area (Å²) in [5, 5.41) is 5.92. The molecule has 1 saturated heterocycles. The van der Waals surface area contributed by atoms with Crippen molar-refractivity contribution in [1.29, 1.82) is 0 Å². The topological polar surface area (TPSA) is 61.4 Å². The second-order valence-corrected chi connectivity index (χ2v) is 7.32. The molecular formula is C22H27N3O2. The molecule has 0 bridgehead atoms. The summed E-state index contributed by atoms with van der Waals surface area (Å²) in [7, 11) is 0. The normalized spacial score (nSPS) is 15.3. The van der Waals surface area contributed by atoms with Gasteiger partial charge in [0.15, 0.2) is 0 Å². The Balaban J connectivity index is 1.42. The van der Waals surface area contributed by atoms with E-state index in [2.05, 4.69) is 15.5 Å². The lowest BCUT2D eigenvalue weighted by atomic mass is 9.95. The van der Waals surface area contributed by atoms with E-state index in [4.69, 9.17) is 0 Å². The Bertz CT molecular complexity index is 776. The van der Waals surface area contributed by atoms with Gasteiger partial charge in [0.1, 0.15) is 0 Å². The minimum Gasteiger partial charge on any atom is -0.326 e. The summed E-state index contributed by atoms with van der Waals surface area (Å²) >= 11 is 0. The molecule has 0 spiro atoms. The number of piperidine rings is 1. The Labute approximate surface area is 160 Å². The van der Waals surface area contributed by atoms with Gasteiger partial charge in [-0.05, 0) is 64.0 Å². The molecule has 0 atom stereocenters. The molecule has 0 aliphatic carbocycles. The number of likely N-dealkylation sites (tertiary alicyclic amines) is 1. The van der Waals surface area contributed by atoms with Crippen LogP contribution in [0, 0.1) is 19.8 Å². The maximum absolute atomic E-state index is 12.4. The zero-order chi connectivity index (χ0) is 19.2. The van der Waals surface area contributed by atoms with E-state index < -0.39 is 0 Å². The quantitative estimate of drug-likeness (QED) is 0.851. The highest BCUT2D eigenvalue weighted by molar-refractivity contribution is 5.93. The molecule has 0 saturated carbocycles. The maximum Gasteiger partial charge on any atom is 0.238 e. The third-order valence-electron chi connectivity index (χ3n) is 4.98. The predicted octanol–water partition coefficient (Wildman–Crippen LogP) is 3.59. The van der Waals surface area contributed by atoms with Gasteiger partial charge in [-0.15, -0.1) is 0 Å². The van der Waals surface area contributed by atoms with Crippen molar-refractivity contribution in [3.05, 3.63) is 59.7 Å². The number of carbonyl (C=O) groups excluding carboxylic acids is 2. The third kappa shape index (κ3) is 5.66. The van der Waals surface area contributed by atoms with Crippen LogP contribution < -0.4 is 10.6 Å². The molecule has 0 radical (unpaired) electrons. The van der Waals surface area contributed by atoms with Crippen molar-refractivity contribution in [3.63, 3.8) is 0 Å². The third-order valence-corrected chi connectivity index (χ3v) is 4.98. The van der Waals surface area contributed by atoms with E-state index in [9.17, 15) is 9.59 Å². The number of hydrogen-bond acceptors (Lipinski definition) is 3. The highest BCUT2D eigenvalue weighted by Gasteiger charge is 2.26. The number of benzene rings is 2. The minimum absolute atomic E-state index is 0.00251. The van der Waals surface area contributed by atoms with Crippen molar-refractivity contribution in [2.75, 3.05) is 30.3 Å². The molecule has 3 rings (SSSR count). The summed E-state index contributed by atoms with van der Waals surface area (Å²) < 4.78 is 0. The Morgan fingerprint density at radius 3 is 1.85 bits per heavy atom. The van der Waals surface area contributed by atoms with Gasteiger partial charge < -0.3 is 10.6 Å². The van der Waals surface area contributed by atoms with E-state index in [0.29, 0.717) is 6.54 Å². The van der Waals surface area contributed by atoms with Gasteiger partial charge in [0.25, 0.3) is 0 Å². The Kier molecular flexibility index (Phi) is 6.24. The van der Waals surface area contributed by atoms with Gasteiger partial charge in [-0.2, -0.15) is 0 Å². The summed E-state index contributed by atoms with van der Waals surface area (Å²) in [5.41, 5.74) is 3.99. The second-order valence-electron chi connectivity index (χ2n) is 7.32. The lowest BCUT2D eigenvalue weighted by molar-refractivity contribution is -0.121. The van der Waals surface area contributed by atoms with E-state index in [0.717, 1.165) is 37.3 Å². The summed E-state index contributed by atoms with van der Waals surface area (Å²) in [6, 6.07) is 15.6. The standard InChI is InChI=1S/C22H27N3O2/c1-16-3-7-19(8-4-16)23-21(26)15-25-13-11-18(12-14-25)22(27)24-20-9-5-17(2)6-10-20/h3-10,18H,11-15H2,1-2H3,(H,23,26)(H,24,27). The SMILES string of the molecule is Cc1ccc(NC(=O)CN2CCC(C(=O)Nc3ccc(C)cc3)CC2)cc1. The molecule has 0 aromatic heterocycles. The molecule has 1 aliphatic rings. The number of carbonyl (C=O) groups is 2. The second kappa shape index (κ2) is 8.82. The van der Waals surface area contributed by atoms with E-state index in [-0.39, 0.29) is 17.7 Å². The summed E-state index contributed by atoms with van der Waals surface area (Å²) in [6.07, 6.45) is 1.55. The van der Waals surface area contributed by atoms with Gasteiger partial charge in [-0.1, -0.05) is 35.4 Å². The smallest absolute Gasteiger partial charge is 0.238 e. The number of aryl methyl sites for hydroxylation is 2. The summed E-state index contributed by atoms with van der Waals surface area (Å²) in [5.74, 6) is 0.0618. The van der Waals surface area contributed by atoms with Crippen molar-refractivity contribution in [2.24, 2.45) is 5.92 Å². The number of rotatable bonds is 5. The molecule has 2 N–H and O–H groups in total. The number of nitrogens with zero attached hydrogens (tertiary/aromatic N) is 1. The summed E-state index contributed by atoms with van der Waals surface area (Å²) in [6.45, 7) is 5.92. The number of anilines is 2. The maximum atomic E-state index is 12.4. The van der Waals surface area contributed by atoms with Crippen LogP contribution in [0.3, 0.4) is 0 Å². The molecular weight excluding hydrogens is 338 g/mol. The van der Waals surface area contributed by atoms with Gasteiger partial charge in [0.2, 0.25) is 11.8 Å². The number of amides is 2. The lowest BCUT2D eigenvalue weighted by Gasteiger charge is -2.30. The van der Waals surface area contributed by atoms with Crippen LogP contribution >= 0.6 is 0 Å². The molecule has 1 heterocycles. The monoisotopic (exact) mass is 365 g/mol. The zero-order valence-corrected chi connectivity index (χ0v) is 16.0. The first kappa shape index (κ1) is 19.1. The first-order chi connectivity index (χ1) is 13.0. The van der Waals surface area contributed by atoms with Crippen LogP contribution in [0.15, 0.2) is 48.5 Å². The van der Waals surface area contributed by atoms with E-state index in [1.54, 1.807) is 0 Å². The Hall–Kier alpha value is -2.66. The van der Waals surface area contributed by atoms with Gasteiger partial charge in [-0.3, -0.25) is 14.5 Å². The van der Waals surface area contributed by atoms with Gasteiger partial charge >= 0.3 is 0 Å². The lowest BCUT2D eigenvalue weighted by Crippen LogP contribution is -2.41. The van der Waals surface area contributed by atoms with Crippen LogP contribution in [0.1, 0.15) is 24.0 Å². The average Bonchev–Trinajstić information content (AvgIpc) is 2.66. The fourth-order valence-electron chi connectivity index (χ4n) is 3.27. The van der Waals surface area contributed by atoms with Crippen molar-refractivity contribution >= 4 is 23.2 Å². The zero-order valence-electron chi connectivity index (χ0n) is 16.0. The fraction of sp³-hybridized carbons (Fsp3) is 0.364. The first-order valence-corrected chi connectivity index (χ1v) is 9.46. The Morgan fingerprint density at radius 1 is 0.852 bits per heavy atom. The predicted molar refractivity (Wildman–Crippen MR) is 109 cm³/mol. The van der Waals surface area contributed by atoms with Crippen molar-refractivity contribution < 1.29 is 9.59 Å². The Morgan fingerprint density at radius 2 is 1.33 bits per heavy atom. The molecule has 5 nitrogen and oxygen atoms in total. The van der Waals surface area contributed by atoms with Crippen molar-refractivity contribution in [3.8, 4) is 0 Å². The first-order valence-electron chi connectivity index (χ1n) is 9.46. The molecule has 2 aromatic carbocycles. The molecule has 142 valence electrons. The largest absolute Gasteiger partial charge is 0.326 e. The van der Waals surface area contributed by atoms with E-state index >= 15 is 0 Å². The van der Waals surface area contributed by atoms with Gasteiger partial charge in [-0.25, -0.2) is 0 Å². The van der Waals surface area contributed by atoms with Crippen LogP contribution in [0.4, 0.5) is 11.4 Å². The average molecular weight is 365 g/mol. The van der Waals surface area contributed by atoms with E-state index in [1.807, 2.05) is 62.4 Å². The van der Waals surface area contributed by atoms with Crippen LogP contribution in [0.25, 0.3) is 0 Å². The van der Waals surface area contributed by atoms with Crippen molar-refractivity contribution in [1.82, 2.24) is 4.90 Å². The molecule has 27 heavy (non-hydrogen) atoms. The van der Waals surface area contributed by atoms with Gasteiger partial charge in [0.05, 0.1) is 6.54 Å². The van der Waals surface area contributed by atoms with Crippen LogP contribution in [-0.4, -0.2) is 36.3 Å².